The fraction of sp³-hybridized carbons (Fsp3) is 0.333. The quantitative estimate of drug-likeness (QED) is 0.480. The molecule has 0 spiro atoms. The molecule has 0 aliphatic carbocycles. The van der Waals surface area contributed by atoms with E-state index in [9.17, 15) is 29.8 Å². The van der Waals surface area contributed by atoms with E-state index in [0.29, 0.717) is 12.0 Å². The van der Waals surface area contributed by atoms with Crippen LogP contribution in [-0.2, 0) is 0 Å². The number of non-ortho nitro benzene ring substituents is 2. The Hall–Kier alpha value is -3.82. The highest BCUT2D eigenvalue weighted by atomic mass is 16.6. The third kappa shape index (κ3) is 6.59. The zero-order valence-electron chi connectivity index (χ0n) is 17.5. The van der Waals surface area contributed by atoms with E-state index in [2.05, 4.69) is 5.32 Å². The molecule has 0 aromatic heterocycles. The molecule has 164 valence electrons. The maximum atomic E-state index is 12.7. The van der Waals surface area contributed by atoms with Crippen LogP contribution < -0.4 is 5.32 Å². The summed E-state index contributed by atoms with van der Waals surface area (Å²) in [6, 6.07) is 10.2. The second-order valence-corrected chi connectivity index (χ2v) is 7.59. The Labute approximate surface area is 179 Å². The molecule has 1 N–H and O–H groups in total. The lowest BCUT2D eigenvalue weighted by atomic mass is 10.0. The lowest BCUT2D eigenvalue weighted by Gasteiger charge is -2.26. The van der Waals surface area contributed by atoms with Crippen LogP contribution in [0.15, 0.2) is 48.5 Å². The topological polar surface area (TPSA) is 136 Å². The van der Waals surface area contributed by atoms with Gasteiger partial charge in [0.15, 0.2) is 0 Å². The molecular formula is C21H24N4O6. The molecule has 2 rings (SSSR count). The van der Waals surface area contributed by atoms with E-state index in [1.54, 1.807) is 7.05 Å². The maximum Gasteiger partial charge on any atom is 0.269 e. The Morgan fingerprint density at radius 2 is 1.35 bits per heavy atom. The molecular weight excluding hydrogens is 404 g/mol. The predicted octanol–water partition coefficient (Wildman–Crippen LogP) is 3.42. The van der Waals surface area contributed by atoms with Crippen molar-refractivity contribution in [3.8, 4) is 0 Å². The number of nitro benzene ring substituents is 2. The summed E-state index contributed by atoms with van der Waals surface area (Å²) in [7, 11) is 1.59. The molecule has 0 fully saturated rings. The summed E-state index contributed by atoms with van der Waals surface area (Å²) in [5.74, 6) is -0.477. The number of likely N-dealkylation sites (N-methyl/N-ethyl adjacent to an activating group) is 1. The van der Waals surface area contributed by atoms with Gasteiger partial charge in [-0.3, -0.25) is 29.8 Å². The normalized spacial score (nSPS) is 11.6. The summed E-state index contributed by atoms with van der Waals surface area (Å²) >= 11 is 0. The third-order valence-electron chi connectivity index (χ3n) is 4.60. The second-order valence-electron chi connectivity index (χ2n) is 7.59. The van der Waals surface area contributed by atoms with E-state index in [-0.39, 0.29) is 41.3 Å². The van der Waals surface area contributed by atoms with Gasteiger partial charge in [-0.2, -0.15) is 0 Å². The monoisotopic (exact) mass is 428 g/mol. The van der Waals surface area contributed by atoms with Gasteiger partial charge < -0.3 is 10.2 Å². The van der Waals surface area contributed by atoms with E-state index >= 15 is 0 Å². The van der Waals surface area contributed by atoms with Gasteiger partial charge in [-0.25, -0.2) is 0 Å². The second kappa shape index (κ2) is 10.3. The summed E-state index contributed by atoms with van der Waals surface area (Å²) < 4.78 is 0. The third-order valence-corrected chi connectivity index (χ3v) is 4.60. The van der Waals surface area contributed by atoms with E-state index in [4.69, 9.17) is 0 Å². The van der Waals surface area contributed by atoms with Crippen LogP contribution in [-0.4, -0.2) is 46.2 Å². The number of benzene rings is 2. The number of carbonyl (C=O) groups is 2. The number of hydrogen-bond acceptors (Lipinski definition) is 6. The van der Waals surface area contributed by atoms with Gasteiger partial charge in [0, 0.05) is 55.0 Å². The van der Waals surface area contributed by atoms with Crippen molar-refractivity contribution in [2.45, 2.75) is 26.3 Å². The molecule has 0 aliphatic rings. The summed E-state index contributed by atoms with van der Waals surface area (Å²) in [5.41, 5.74) is 0.373. The average Bonchev–Trinajstić information content (AvgIpc) is 2.72. The Kier molecular flexibility index (Phi) is 7.78. The maximum absolute atomic E-state index is 12.7. The van der Waals surface area contributed by atoms with Crippen LogP contribution in [0.1, 0.15) is 41.0 Å². The van der Waals surface area contributed by atoms with Gasteiger partial charge in [0.2, 0.25) is 0 Å². The first-order valence-corrected chi connectivity index (χ1v) is 9.63. The van der Waals surface area contributed by atoms with Crippen molar-refractivity contribution in [1.82, 2.24) is 10.2 Å². The molecule has 2 aromatic carbocycles. The standard InChI is InChI=1S/C21H24N4O6/c1-14(2)12-17(22-20(26)15-4-8-18(9-5-15)24(28)29)13-23(3)21(27)16-6-10-19(11-7-16)25(30)31/h4-11,14,17H,12-13H2,1-3H3,(H,22,26)/t17-/m1/s1. The summed E-state index contributed by atoms with van der Waals surface area (Å²) in [4.78, 5) is 47.2. The van der Waals surface area contributed by atoms with Crippen LogP contribution in [0.4, 0.5) is 11.4 Å². The van der Waals surface area contributed by atoms with E-state index < -0.39 is 15.8 Å². The molecule has 0 unspecified atom stereocenters. The van der Waals surface area contributed by atoms with Crippen LogP contribution >= 0.6 is 0 Å². The molecule has 2 aromatic rings. The number of nitro groups is 2. The fourth-order valence-corrected chi connectivity index (χ4v) is 3.11. The van der Waals surface area contributed by atoms with E-state index in [1.807, 2.05) is 13.8 Å². The Morgan fingerprint density at radius 3 is 1.77 bits per heavy atom. The van der Waals surface area contributed by atoms with E-state index in [0.717, 1.165) is 0 Å². The summed E-state index contributed by atoms with van der Waals surface area (Å²) in [6.07, 6.45) is 0.608. The number of hydrogen-bond donors (Lipinski definition) is 1. The first kappa shape index (κ1) is 23.5. The van der Waals surface area contributed by atoms with Crippen molar-refractivity contribution in [3.05, 3.63) is 79.9 Å². The number of rotatable bonds is 9. The van der Waals surface area contributed by atoms with Gasteiger partial charge in [0.25, 0.3) is 23.2 Å². The highest BCUT2D eigenvalue weighted by molar-refractivity contribution is 5.95. The minimum Gasteiger partial charge on any atom is -0.348 e. The van der Waals surface area contributed by atoms with Gasteiger partial charge in [-0.05, 0) is 36.6 Å². The highest BCUT2D eigenvalue weighted by Crippen LogP contribution is 2.15. The summed E-state index contributed by atoms with van der Waals surface area (Å²) in [6.45, 7) is 4.21. The van der Waals surface area contributed by atoms with Crippen LogP contribution in [0, 0.1) is 26.1 Å². The fourth-order valence-electron chi connectivity index (χ4n) is 3.11. The highest BCUT2D eigenvalue weighted by Gasteiger charge is 2.21. The lowest BCUT2D eigenvalue weighted by molar-refractivity contribution is -0.385. The van der Waals surface area contributed by atoms with Gasteiger partial charge >= 0.3 is 0 Å². The van der Waals surface area contributed by atoms with Crippen molar-refractivity contribution < 1.29 is 19.4 Å². The molecule has 0 aliphatic heterocycles. The molecule has 0 saturated heterocycles. The lowest BCUT2D eigenvalue weighted by Crippen LogP contribution is -2.45. The van der Waals surface area contributed by atoms with Gasteiger partial charge in [0.05, 0.1) is 9.85 Å². The Bertz CT molecular complexity index is 957. The molecule has 10 heteroatoms. The predicted molar refractivity (Wildman–Crippen MR) is 114 cm³/mol. The van der Waals surface area contributed by atoms with Crippen molar-refractivity contribution in [3.63, 3.8) is 0 Å². The minimum absolute atomic E-state index is 0.104. The van der Waals surface area contributed by atoms with Crippen molar-refractivity contribution in [2.75, 3.05) is 13.6 Å². The molecule has 0 saturated carbocycles. The molecule has 2 amide bonds. The molecule has 10 nitrogen and oxygen atoms in total. The summed E-state index contributed by atoms with van der Waals surface area (Å²) in [5, 5.41) is 24.4. The zero-order chi connectivity index (χ0) is 23.1. The first-order valence-electron chi connectivity index (χ1n) is 9.63. The van der Waals surface area contributed by atoms with Crippen molar-refractivity contribution >= 4 is 23.2 Å². The number of nitrogens with zero attached hydrogens (tertiary/aromatic N) is 3. The molecule has 0 radical (unpaired) electrons. The number of nitrogens with one attached hydrogen (secondary N) is 1. The Morgan fingerprint density at radius 1 is 0.903 bits per heavy atom. The minimum atomic E-state index is -0.540. The van der Waals surface area contributed by atoms with Crippen LogP contribution in [0.25, 0.3) is 0 Å². The molecule has 1 atom stereocenters. The van der Waals surface area contributed by atoms with Crippen LogP contribution in [0.3, 0.4) is 0 Å². The number of carbonyl (C=O) groups excluding carboxylic acids is 2. The van der Waals surface area contributed by atoms with Crippen molar-refractivity contribution in [1.29, 1.82) is 0 Å². The average molecular weight is 428 g/mol. The molecule has 0 heterocycles. The van der Waals surface area contributed by atoms with Gasteiger partial charge in [-0.15, -0.1) is 0 Å². The van der Waals surface area contributed by atoms with E-state index in [1.165, 1.54) is 53.4 Å². The van der Waals surface area contributed by atoms with Gasteiger partial charge in [0.1, 0.15) is 0 Å². The smallest absolute Gasteiger partial charge is 0.269 e. The zero-order valence-corrected chi connectivity index (χ0v) is 17.5. The van der Waals surface area contributed by atoms with Gasteiger partial charge in [-0.1, -0.05) is 13.8 Å². The molecule has 31 heavy (non-hydrogen) atoms. The van der Waals surface area contributed by atoms with Crippen LogP contribution in [0.2, 0.25) is 0 Å². The first-order chi connectivity index (χ1) is 14.6. The Balaban J connectivity index is 2.08. The molecule has 0 bridgehead atoms. The van der Waals surface area contributed by atoms with Crippen molar-refractivity contribution in [2.24, 2.45) is 5.92 Å². The van der Waals surface area contributed by atoms with Crippen LogP contribution in [0.5, 0.6) is 0 Å². The SMILES string of the molecule is CC(C)C[C@H](CN(C)C(=O)c1ccc([N+](=O)[O-])cc1)NC(=O)c1ccc([N+](=O)[O-])cc1. The number of amides is 2. The largest absolute Gasteiger partial charge is 0.348 e.